The highest BCUT2D eigenvalue weighted by atomic mass is 16.7. The average molecular weight is 397 g/mol. The molecule has 1 aromatic heterocycles. The van der Waals surface area contributed by atoms with Gasteiger partial charge in [-0.05, 0) is 38.3 Å². The summed E-state index contributed by atoms with van der Waals surface area (Å²) >= 11 is 0. The summed E-state index contributed by atoms with van der Waals surface area (Å²) in [5, 5.41) is 13.5. The second-order valence-electron chi connectivity index (χ2n) is 8.06. The Hall–Kier alpha value is -2.55. The molecule has 1 aliphatic carbocycles. The number of hydrogen-bond acceptors (Lipinski definition) is 6. The van der Waals surface area contributed by atoms with Crippen LogP contribution in [0, 0.1) is 6.92 Å². The van der Waals surface area contributed by atoms with Gasteiger partial charge in [-0.1, -0.05) is 25.1 Å². The summed E-state index contributed by atoms with van der Waals surface area (Å²) in [7, 11) is 0. The molecule has 8 heteroatoms. The van der Waals surface area contributed by atoms with Crippen molar-refractivity contribution in [2.24, 2.45) is 0 Å². The van der Waals surface area contributed by atoms with Gasteiger partial charge in [-0.25, -0.2) is 4.79 Å². The number of nitrogens with zero attached hydrogens (tertiary/aromatic N) is 2. The van der Waals surface area contributed by atoms with E-state index in [4.69, 9.17) is 9.47 Å². The van der Waals surface area contributed by atoms with Gasteiger partial charge in [-0.3, -0.25) is 9.36 Å². The zero-order valence-corrected chi connectivity index (χ0v) is 16.3. The molecule has 2 saturated heterocycles. The maximum Gasteiger partial charge on any atom is 0.351 e. The maximum absolute atomic E-state index is 12.7. The molecule has 3 aliphatic rings. The van der Waals surface area contributed by atoms with Crippen molar-refractivity contribution in [3.8, 4) is 0 Å². The van der Waals surface area contributed by atoms with E-state index >= 15 is 0 Å². The molecule has 1 amide bonds. The Morgan fingerprint density at radius 3 is 2.69 bits per heavy atom. The van der Waals surface area contributed by atoms with E-state index < -0.39 is 35.3 Å². The van der Waals surface area contributed by atoms with Gasteiger partial charge < -0.3 is 19.9 Å². The molecule has 1 aromatic carbocycles. The van der Waals surface area contributed by atoms with E-state index in [1.807, 2.05) is 13.0 Å². The summed E-state index contributed by atoms with van der Waals surface area (Å²) in [5.74, 6) is -0.137. The van der Waals surface area contributed by atoms with Crippen molar-refractivity contribution in [3.05, 3.63) is 58.1 Å². The number of aliphatic hydroxyl groups excluding tert-OH is 1. The standard InChI is InChI=1S/C21H23N3O5/c1-3-21-15(25)14(28-20(21)9-10-20)18(29-21)24-11-12(2)16(23-19(24)27)22-17(26)13-7-5-4-6-8-13/h4-8,11,14-15,18,25H,3,9-10H2,1-2H3,(H,22,23,26,27)/t14?,15-,18-,21-/m1/s1. The van der Waals surface area contributed by atoms with Crippen LogP contribution in [0.5, 0.6) is 0 Å². The molecule has 2 bridgehead atoms. The molecule has 8 nitrogen and oxygen atoms in total. The Morgan fingerprint density at radius 1 is 1.31 bits per heavy atom. The first-order valence-electron chi connectivity index (χ1n) is 9.91. The number of aryl methyl sites for hydroxylation is 1. The van der Waals surface area contributed by atoms with E-state index in [0.717, 1.165) is 12.8 Å². The van der Waals surface area contributed by atoms with Crippen LogP contribution in [0.1, 0.15) is 48.3 Å². The van der Waals surface area contributed by atoms with Crippen molar-refractivity contribution in [2.75, 3.05) is 5.32 Å². The highest BCUT2D eigenvalue weighted by Gasteiger charge is 2.77. The third kappa shape index (κ3) is 2.52. The van der Waals surface area contributed by atoms with Gasteiger partial charge in [-0.15, -0.1) is 0 Å². The van der Waals surface area contributed by atoms with E-state index in [1.54, 1.807) is 37.4 Å². The van der Waals surface area contributed by atoms with Crippen molar-refractivity contribution in [2.45, 2.75) is 62.7 Å². The largest absolute Gasteiger partial charge is 0.387 e. The second-order valence-corrected chi connectivity index (χ2v) is 8.06. The van der Waals surface area contributed by atoms with Crippen molar-refractivity contribution in [3.63, 3.8) is 0 Å². The molecule has 1 spiro atoms. The summed E-state index contributed by atoms with van der Waals surface area (Å²) in [6.45, 7) is 3.72. The molecule has 5 rings (SSSR count). The number of aromatic nitrogens is 2. The van der Waals surface area contributed by atoms with Gasteiger partial charge in [0.2, 0.25) is 0 Å². The van der Waals surface area contributed by atoms with E-state index in [2.05, 4.69) is 10.3 Å². The number of carbonyl (C=O) groups is 1. The molecular formula is C21H23N3O5. The van der Waals surface area contributed by atoms with E-state index in [9.17, 15) is 14.7 Å². The van der Waals surface area contributed by atoms with E-state index in [1.165, 1.54) is 4.57 Å². The summed E-state index contributed by atoms with van der Waals surface area (Å²) in [5.41, 5.74) is -0.677. The van der Waals surface area contributed by atoms with Crippen LogP contribution in [-0.4, -0.2) is 44.0 Å². The van der Waals surface area contributed by atoms with Gasteiger partial charge in [0.1, 0.15) is 29.2 Å². The zero-order valence-electron chi connectivity index (χ0n) is 16.3. The SMILES string of the molecule is CC[C@]12O[C@@H](n3cc(C)c(NC(=O)c4ccccc4)nc3=O)C(OC13CC3)[C@H]2O. The highest BCUT2D eigenvalue weighted by molar-refractivity contribution is 6.03. The third-order valence-electron chi connectivity index (χ3n) is 6.44. The maximum atomic E-state index is 12.7. The Bertz CT molecular complexity index is 1030. The fourth-order valence-corrected chi connectivity index (χ4v) is 4.76. The number of aliphatic hydroxyl groups is 1. The number of rotatable bonds is 4. The number of benzene rings is 1. The lowest BCUT2D eigenvalue weighted by atomic mass is 9.88. The third-order valence-corrected chi connectivity index (χ3v) is 6.44. The minimum absolute atomic E-state index is 0.202. The number of nitrogens with one attached hydrogen (secondary N) is 1. The molecule has 2 aromatic rings. The van der Waals surface area contributed by atoms with Crippen molar-refractivity contribution in [1.29, 1.82) is 0 Å². The first kappa shape index (κ1) is 18.5. The highest BCUT2D eigenvalue weighted by Crippen LogP contribution is 2.65. The minimum Gasteiger partial charge on any atom is -0.387 e. The summed E-state index contributed by atoms with van der Waals surface area (Å²) in [4.78, 5) is 29.2. The summed E-state index contributed by atoms with van der Waals surface area (Å²) < 4.78 is 13.8. The molecule has 1 unspecified atom stereocenters. The van der Waals surface area contributed by atoms with Gasteiger partial charge in [-0.2, -0.15) is 4.98 Å². The van der Waals surface area contributed by atoms with E-state index in [-0.39, 0.29) is 11.7 Å². The van der Waals surface area contributed by atoms with Crippen molar-refractivity contribution in [1.82, 2.24) is 9.55 Å². The van der Waals surface area contributed by atoms with Crippen LogP contribution < -0.4 is 11.0 Å². The predicted molar refractivity (Wildman–Crippen MR) is 104 cm³/mol. The molecule has 152 valence electrons. The molecule has 29 heavy (non-hydrogen) atoms. The summed E-state index contributed by atoms with van der Waals surface area (Å²) in [6.07, 6.45) is 1.78. The van der Waals surface area contributed by atoms with Gasteiger partial charge in [0.25, 0.3) is 5.91 Å². The van der Waals surface area contributed by atoms with Crippen molar-refractivity contribution < 1.29 is 19.4 Å². The lowest BCUT2D eigenvalue weighted by molar-refractivity contribution is -0.226. The number of anilines is 1. The first-order chi connectivity index (χ1) is 13.9. The lowest BCUT2D eigenvalue weighted by Gasteiger charge is -2.37. The van der Waals surface area contributed by atoms with Crippen LogP contribution in [0.25, 0.3) is 0 Å². The van der Waals surface area contributed by atoms with Gasteiger partial charge in [0.05, 0.1) is 0 Å². The average Bonchev–Trinajstić information content (AvgIpc) is 3.40. The number of carbonyl (C=O) groups excluding carboxylic acids is 1. The van der Waals surface area contributed by atoms with Crippen LogP contribution in [0.2, 0.25) is 0 Å². The molecule has 0 radical (unpaired) electrons. The molecule has 2 aliphatic heterocycles. The Balaban J connectivity index is 1.43. The topological polar surface area (TPSA) is 103 Å². The van der Waals surface area contributed by atoms with Crippen molar-refractivity contribution >= 4 is 11.7 Å². The van der Waals surface area contributed by atoms with Crippen LogP contribution in [-0.2, 0) is 9.47 Å². The Labute approximate surface area is 167 Å². The number of amides is 1. The summed E-state index contributed by atoms with van der Waals surface area (Å²) in [6, 6.07) is 8.72. The monoisotopic (exact) mass is 397 g/mol. The molecule has 1 saturated carbocycles. The van der Waals surface area contributed by atoms with E-state index in [0.29, 0.717) is 17.5 Å². The van der Waals surface area contributed by atoms with Crippen LogP contribution in [0.4, 0.5) is 5.82 Å². The minimum atomic E-state index is -0.787. The van der Waals surface area contributed by atoms with Crippen LogP contribution in [0.15, 0.2) is 41.3 Å². The Kier molecular flexibility index (Phi) is 3.96. The van der Waals surface area contributed by atoms with Crippen LogP contribution >= 0.6 is 0 Å². The van der Waals surface area contributed by atoms with Gasteiger partial charge in [0.15, 0.2) is 6.23 Å². The first-order valence-corrected chi connectivity index (χ1v) is 9.91. The molecular weight excluding hydrogens is 374 g/mol. The van der Waals surface area contributed by atoms with Gasteiger partial charge in [0, 0.05) is 17.3 Å². The second kappa shape index (κ2) is 6.22. The lowest BCUT2D eigenvalue weighted by Crippen LogP contribution is -2.49. The Morgan fingerprint density at radius 2 is 2.03 bits per heavy atom. The fraction of sp³-hybridized carbons (Fsp3) is 0.476. The van der Waals surface area contributed by atoms with Crippen LogP contribution in [0.3, 0.4) is 0 Å². The number of fused-ring (bicyclic) bond motifs is 3. The smallest absolute Gasteiger partial charge is 0.351 e. The molecule has 3 heterocycles. The molecule has 2 N–H and O–H groups in total. The number of ether oxygens (including phenoxy) is 2. The van der Waals surface area contributed by atoms with Gasteiger partial charge >= 0.3 is 5.69 Å². The normalized spacial score (nSPS) is 31.2. The quantitative estimate of drug-likeness (QED) is 0.815. The molecule has 4 atom stereocenters. The predicted octanol–water partition coefficient (Wildman–Crippen LogP) is 1.77. The zero-order chi connectivity index (χ0) is 20.4. The molecule has 3 fully saturated rings. The number of hydrogen-bond donors (Lipinski definition) is 2. The fourth-order valence-electron chi connectivity index (χ4n) is 4.76.